The van der Waals surface area contributed by atoms with Crippen molar-refractivity contribution < 1.29 is 29.0 Å². The molecule has 3 atom stereocenters. The van der Waals surface area contributed by atoms with Gasteiger partial charge >= 0.3 is 11.9 Å². The summed E-state index contributed by atoms with van der Waals surface area (Å²) in [4.78, 5) is 46.5. The maximum absolute atomic E-state index is 12.3. The Morgan fingerprint density at radius 2 is 1.58 bits per heavy atom. The van der Waals surface area contributed by atoms with Crippen molar-refractivity contribution in [1.29, 1.82) is 0 Å². The Labute approximate surface area is 142 Å². The van der Waals surface area contributed by atoms with Crippen LogP contribution in [0.3, 0.4) is 0 Å². The average molecular weight is 344 g/mol. The summed E-state index contributed by atoms with van der Waals surface area (Å²) in [5.41, 5.74) is 0. The lowest BCUT2D eigenvalue weighted by molar-refractivity contribution is -0.149. The van der Waals surface area contributed by atoms with Crippen LogP contribution in [0.2, 0.25) is 0 Å². The van der Waals surface area contributed by atoms with Crippen LogP contribution in [0, 0.1) is 11.8 Å². The summed E-state index contributed by atoms with van der Waals surface area (Å²) < 4.78 is 4.84. The van der Waals surface area contributed by atoms with Crippen molar-refractivity contribution in [2.75, 3.05) is 6.61 Å². The number of aliphatic carboxylic acids is 1. The van der Waals surface area contributed by atoms with Gasteiger partial charge in [-0.2, -0.15) is 0 Å². The molecule has 0 aliphatic rings. The van der Waals surface area contributed by atoms with Gasteiger partial charge in [-0.25, -0.2) is 4.79 Å². The van der Waals surface area contributed by atoms with Crippen LogP contribution in [0.5, 0.6) is 0 Å². The number of carbonyl (C=O) groups excluding carboxylic acids is 3. The fourth-order valence-corrected chi connectivity index (χ4v) is 2.18. The van der Waals surface area contributed by atoms with Crippen LogP contribution in [-0.2, 0) is 23.9 Å². The number of ether oxygens (including phenoxy) is 1. The van der Waals surface area contributed by atoms with Crippen molar-refractivity contribution in [3.8, 4) is 0 Å². The molecule has 0 radical (unpaired) electrons. The van der Waals surface area contributed by atoms with Gasteiger partial charge in [-0.1, -0.05) is 20.8 Å². The summed E-state index contributed by atoms with van der Waals surface area (Å²) in [6, 6.07) is -2.05. The van der Waals surface area contributed by atoms with E-state index in [4.69, 9.17) is 4.74 Å². The molecule has 8 nitrogen and oxygen atoms in total. The molecule has 0 rings (SSSR count). The van der Waals surface area contributed by atoms with Crippen molar-refractivity contribution in [1.82, 2.24) is 10.6 Å². The van der Waals surface area contributed by atoms with Crippen molar-refractivity contribution in [3.05, 3.63) is 0 Å². The number of esters is 1. The van der Waals surface area contributed by atoms with E-state index >= 15 is 0 Å². The Balaban J connectivity index is 4.94. The lowest BCUT2D eigenvalue weighted by atomic mass is 9.99. The number of carboxylic acid groups (broad SMARTS) is 1. The predicted octanol–water partition coefficient (Wildman–Crippen LogP) is 0.696. The maximum Gasteiger partial charge on any atom is 0.326 e. The highest BCUT2D eigenvalue weighted by atomic mass is 16.5. The second kappa shape index (κ2) is 10.6. The van der Waals surface area contributed by atoms with E-state index in [1.54, 1.807) is 13.8 Å². The van der Waals surface area contributed by atoms with Gasteiger partial charge in [0, 0.05) is 6.92 Å². The largest absolute Gasteiger partial charge is 0.480 e. The normalized spacial score (nSPS) is 14.4. The Kier molecular flexibility index (Phi) is 9.68. The molecule has 138 valence electrons. The van der Waals surface area contributed by atoms with Crippen LogP contribution in [0.1, 0.15) is 47.5 Å². The van der Waals surface area contributed by atoms with Crippen molar-refractivity contribution >= 4 is 23.8 Å². The zero-order chi connectivity index (χ0) is 18.9. The summed E-state index contributed by atoms with van der Waals surface area (Å²) in [5, 5.41) is 14.2. The highest BCUT2D eigenvalue weighted by Crippen LogP contribution is 2.11. The van der Waals surface area contributed by atoms with E-state index in [1.165, 1.54) is 6.92 Å². The minimum atomic E-state index is -1.24. The van der Waals surface area contributed by atoms with Gasteiger partial charge in [-0.05, 0) is 25.7 Å². The molecule has 0 aliphatic carbocycles. The van der Waals surface area contributed by atoms with Crippen molar-refractivity contribution in [2.45, 2.75) is 59.5 Å². The smallest absolute Gasteiger partial charge is 0.326 e. The molecule has 0 aromatic rings. The highest BCUT2D eigenvalue weighted by molar-refractivity contribution is 5.90. The standard InChI is InChI=1S/C16H28N2O6/c1-6-24-16(23)10(4)8-13(15(21)22)18-14(20)12(7-9(2)3)17-11(5)19/h9-10,12-13H,6-8H2,1-5H3,(H,17,19)(H,18,20)(H,21,22)/t10-,12+,13-/m1/s1. The third kappa shape index (κ3) is 8.50. The molecule has 0 aromatic carbocycles. The molecular weight excluding hydrogens is 316 g/mol. The zero-order valence-electron chi connectivity index (χ0n) is 14.9. The predicted molar refractivity (Wildman–Crippen MR) is 87.0 cm³/mol. The minimum absolute atomic E-state index is 0.0889. The lowest BCUT2D eigenvalue weighted by Gasteiger charge is -2.23. The summed E-state index contributed by atoms with van der Waals surface area (Å²) in [6.45, 7) is 8.47. The Morgan fingerprint density at radius 3 is 2.00 bits per heavy atom. The molecule has 0 unspecified atom stereocenters. The fourth-order valence-electron chi connectivity index (χ4n) is 2.18. The third-order valence-corrected chi connectivity index (χ3v) is 3.29. The van der Waals surface area contributed by atoms with Gasteiger partial charge in [0.2, 0.25) is 11.8 Å². The van der Waals surface area contributed by atoms with Crippen molar-refractivity contribution in [3.63, 3.8) is 0 Å². The van der Waals surface area contributed by atoms with Crippen molar-refractivity contribution in [2.24, 2.45) is 11.8 Å². The van der Waals surface area contributed by atoms with Crippen LogP contribution in [-0.4, -0.2) is 47.6 Å². The first kappa shape index (κ1) is 21.9. The first-order chi connectivity index (χ1) is 11.1. The van der Waals surface area contributed by atoms with E-state index in [9.17, 15) is 24.3 Å². The summed E-state index contributed by atoms with van der Waals surface area (Å²) in [6.07, 6.45) is 0.291. The number of carbonyl (C=O) groups is 4. The molecule has 24 heavy (non-hydrogen) atoms. The summed E-state index contributed by atoms with van der Waals surface area (Å²) in [7, 11) is 0. The molecular formula is C16H28N2O6. The fraction of sp³-hybridized carbons (Fsp3) is 0.750. The first-order valence-corrected chi connectivity index (χ1v) is 8.05. The lowest BCUT2D eigenvalue weighted by Crippen LogP contribution is -2.52. The topological polar surface area (TPSA) is 122 Å². The molecule has 0 saturated carbocycles. The molecule has 0 saturated heterocycles. The summed E-state index contributed by atoms with van der Waals surface area (Å²) >= 11 is 0. The van der Waals surface area contributed by atoms with Gasteiger partial charge in [0.1, 0.15) is 12.1 Å². The van der Waals surface area contributed by atoms with Crippen LogP contribution in [0.4, 0.5) is 0 Å². The van der Waals surface area contributed by atoms with E-state index < -0.39 is 35.8 Å². The molecule has 0 bridgehead atoms. The van der Waals surface area contributed by atoms with Gasteiger partial charge < -0.3 is 20.5 Å². The van der Waals surface area contributed by atoms with Crippen LogP contribution < -0.4 is 10.6 Å². The third-order valence-electron chi connectivity index (χ3n) is 3.29. The Hall–Kier alpha value is -2.12. The van der Waals surface area contributed by atoms with Gasteiger partial charge in [-0.15, -0.1) is 0 Å². The van der Waals surface area contributed by atoms with E-state index in [0.29, 0.717) is 6.42 Å². The number of carboxylic acids is 1. The van der Waals surface area contributed by atoms with Crippen LogP contribution in [0.15, 0.2) is 0 Å². The molecule has 0 aromatic heterocycles. The van der Waals surface area contributed by atoms with Gasteiger partial charge in [0.25, 0.3) is 0 Å². The van der Waals surface area contributed by atoms with Gasteiger partial charge in [-0.3, -0.25) is 14.4 Å². The van der Waals surface area contributed by atoms with Gasteiger partial charge in [0.05, 0.1) is 12.5 Å². The monoisotopic (exact) mass is 344 g/mol. The molecule has 0 heterocycles. The van der Waals surface area contributed by atoms with E-state index in [2.05, 4.69) is 10.6 Å². The number of hydrogen-bond donors (Lipinski definition) is 3. The van der Waals surface area contributed by atoms with Crippen LogP contribution in [0.25, 0.3) is 0 Å². The Bertz CT molecular complexity index is 463. The second-order valence-corrected chi connectivity index (χ2v) is 6.17. The number of nitrogens with one attached hydrogen (secondary N) is 2. The molecule has 2 amide bonds. The number of amides is 2. The van der Waals surface area contributed by atoms with E-state index in [1.807, 2.05) is 13.8 Å². The Morgan fingerprint density at radius 1 is 1.00 bits per heavy atom. The molecule has 3 N–H and O–H groups in total. The van der Waals surface area contributed by atoms with Gasteiger partial charge in [0.15, 0.2) is 0 Å². The number of rotatable bonds is 10. The summed E-state index contributed by atoms with van der Waals surface area (Å²) in [5.74, 6) is -3.25. The van der Waals surface area contributed by atoms with Crippen LogP contribution >= 0.6 is 0 Å². The highest BCUT2D eigenvalue weighted by Gasteiger charge is 2.29. The van der Waals surface area contributed by atoms with E-state index in [-0.39, 0.29) is 24.9 Å². The first-order valence-electron chi connectivity index (χ1n) is 8.05. The van der Waals surface area contributed by atoms with E-state index in [0.717, 1.165) is 0 Å². The molecule has 0 aliphatic heterocycles. The molecule has 8 heteroatoms. The molecule has 0 spiro atoms. The second-order valence-electron chi connectivity index (χ2n) is 6.17. The quantitative estimate of drug-likeness (QED) is 0.501. The zero-order valence-corrected chi connectivity index (χ0v) is 14.9. The average Bonchev–Trinajstić information content (AvgIpc) is 2.44. The SMILES string of the molecule is CCOC(=O)[C@H](C)C[C@@H](NC(=O)[C@H](CC(C)C)NC(C)=O)C(=O)O. The number of hydrogen-bond acceptors (Lipinski definition) is 5. The minimum Gasteiger partial charge on any atom is -0.480 e. The molecule has 0 fully saturated rings. The maximum atomic E-state index is 12.3.